The van der Waals surface area contributed by atoms with Gasteiger partial charge in [-0.15, -0.1) is 0 Å². The van der Waals surface area contributed by atoms with E-state index in [0.29, 0.717) is 30.0 Å². The fourth-order valence-corrected chi connectivity index (χ4v) is 2.57. The Hall–Kier alpha value is -2.34. The van der Waals surface area contributed by atoms with Gasteiger partial charge in [-0.25, -0.2) is 0 Å². The van der Waals surface area contributed by atoms with Crippen LogP contribution in [0.4, 0.5) is 5.69 Å². The lowest BCUT2D eigenvalue weighted by Gasteiger charge is -2.25. The zero-order valence-corrected chi connectivity index (χ0v) is 13.8. The van der Waals surface area contributed by atoms with E-state index >= 15 is 0 Å². The SMILES string of the molecule is O=C(NCCC1Oc2ccccc2NC1=O)c1ccc(Br)cc1. The van der Waals surface area contributed by atoms with Gasteiger partial charge in [0.15, 0.2) is 6.10 Å². The lowest BCUT2D eigenvalue weighted by atomic mass is 10.1. The summed E-state index contributed by atoms with van der Waals surface area (Å²) in [6, 6.07) is 14.4. The van der Waals surface area contributed by atoms with Gasteiger partial charge in [0.2, 0.25) is 0 Å². The molecule has 0 aliphatic carbocycles. The van der Waals surface area contributed by atoms with Crippen molar-refractivity contribution in [3.8, 4) is 5.75 Å². The number of fused-ring (bicyclic) bond motifs is 1. The van der Waals surface area contributed by atoms with E-state index in [1.54, 1.807) is 18.2 Å². The Bertz CT molecular complexity index is 731. The molecule has 23 heavy (non-hydrogen) atoms. The third kappa shape index (κ3) is 3.71. The van der Waals surface area contributed by atoms with Gasteiger partial charge in [0.1, 0.15) is 5.75 Å². The number of carbonyl (C=O) groups is 2. The number of halogens is 1. The third-order valence-corrected chi connectivity index (χ3v) is 4.03. The zero-order valence-electron chi connectivity index (χ0n) is 12.2. The van der Waals surface area contributed by atoms with E-state index in [2.05, 4.69) is 26.6 Å². The van der Waals surface area contributed by atoms with Crippen molar-refractivity contribution in [1.29, 1.82) is 0 Å². The van der Waals surface area contributed by atoms with E-state index in [9.17, 15) is 9.59 Å². The maximum absolute atomic E-state index is 12.0. The molecule has 1 aliphatic heterocycles. The van der Waals surface area contributed by atoms with Gasteiger partial charge in [0.25, 0.3) is 11.8 Å². The van der Waals surface area contributed by atoms with Gasteiger partial charge in [0.05, 0.1) is 5.69 Å². The molecule has 2 aromatic rings. The highest BCUT2D eigenvalue weighted by molar-refractivity contribution is 9.10. The molecule has 2 aromatic carbocycles. The van der Waals surface area contributed by atoms with E-state index in [1.165, 1.54) is 0 Å². The summed E-state index contributed by atoms with van der Waals surface area (Å²) in [6.07, 6.45) is -0.197. The van der Waals surface area contributed by atoms with Gasteiger partial charge < -0.3 is 15.4 Å². The molecule has 2 amide bonds. The summed E-state index contributed by atoms with van der Waals surface area (Å²) in [5.41, 5.74) is 1.25. The number of para-hydroxylation sites is 2. The topological polar surface area (TPSA) is 67.4 Å². The molecule has 1 atom stereocenters. The van der Waals surface area contributed by atoms with Crippen LogP contribution in [0.15, 0.2) is 53.0 Å². The molecule has 1 heterocycles. The summed E-state index contributed by atoms with van der Waals surface area (Å²) in [4.78, 5) is 24.0. The van der Waals surface area contributed by atoms with E-state index in [0.717, 1.165) is 4.47 Å². The average Bonchev–Trinajstić information content (AvgIpc) is 2.56. The van der Waals surface area contributed by atoms with Crippen LogP contribution in [-0.4, -0.2) is 24.5 Å². The second-order valence-electron chi connectivity index (χ2n) is 5.14. The van der Waals surface area contributed by atoms with Gasteiger partial charge >= 0.3 is 0 Å². The Morgan fingerprint density at radius 2 is 1.91 bits per heavy atom. The number of anilines is 1. The smallest absolute Gasteiger partial charge is 0.265 e. The van der Waals surface area contributed by atoms with Gasteiger partial charge in [-0.3, -0.25) is 9.59 Å². The first-order chi connectivity index (χ1) is 11.1. The molecule has 0 bridgehead atoms. The molecule has 0 aromatic heterocycles. The quantitative estimate of drug-likeness (QED) is 0.864. The van der Waals surface area contributed by atoms with Gasteiger partial charge in [-0.05, 0) is 36.4 Å². The summed E-state index contributed by atoms with van der Waals surface area (Å²) in [5.74, 6) is 0.284. The average molecular weight is 375 g/mol. The number of hydrogen-bond donors (Lipinski definition) is 2. The first-order valence-corrected chi connectivity index (χ1v) is 8.03. The van der Waals surface area contributed by atoms with Gasteiger partial charge in [0, 0.05) is 23.0 Å². The van der Waals surface area contributed by atoms with E-state index in [1.807, 2.05) is 30.3 Å². The molecule has 0 saturated carbocycles. The predicted octanol–water partition coefficient (Wildman–Crippen LogP) is 2.97. The van der Waals surface area contributed by atoms with Crippen LogP contribution in [-0.2, 0) is 4.79 Å². The second kappa shape index (κ2) is 6.83. The van der Waals surface area contributed by atoms with Crippen molar-refractivity contribution in [2.45, 2.75) is 12.5 Å². The van der Waals surface area contributed by atoms with Gasteiger partial charge in [-0.2, -0.15) is 0 Å². The molecule has 2 N–H and O–H groups in total. The molecule has 0 radical (unpaired) electrons. The zero-order chi connectivity index (χ0) is 16.2. The molecule has 0 spiro atoms. The number of benzene rings is 2. The number of hydrogen-bond acceptors (Lipinski definition) is 3. The highest BCUT2D eigenvalue weighted by atomic mass is 79.9. The van der Waals surface area contributed by atoms with Crippen molar-refractivity contribution in [1.82, 2.24) is 5.32 Å². The monoisotopic (exact) mass is 374 g/mol. The van der Waals surface area contributed by atoms with Crippen molar-refractivity contribution >= 4 is 33.4 Å². The lowest BCUT2D eigenvalue weighted by molar-refractivity contribution is -0.123. The number of rotatable bonds is 4. The van der Waals surface area contributed by atoms with Crippen LogP contribution in [0.25, 0.3) is 0 Å². The minimum atomic E-state index is -0.602. The largest absolute Gasteiger partial charge is 0.478 e. The van der Waals surface area contributed by atoms with Crippen molar-refractivity contribution in [2.24, 2.45) is 0 Å². The molecule has 3 rings (SSSR count). The van der Waals surface area contributed by atoms with Crippen molar-refractivity contribution < 1.29 is 14.3 Å². The van der Waals surface area contributed by atoms with Crippen molar-refractivity contribution in [3.63, 3.8) is 0 Å². The van der Waals surface area contributed by atoms with E-state index in [-0.39, 0.29) is 11.8 Å². The van der Waals surface area contributed by atoms with Crippen molar-refractivity contribution in [3.05, 3.63) is 58.6 Å². The van der Waals surface area contributed by atoms with Crippen LogP contribution in [0, 0.1) is 0 Å². The maximum atomic E-state index is 12.0. The molecule has 0 fully saturated rings. The van der Waals surface area contributed by atoms with E-state index in [4.69, 9.17) is 4.74 Å². The van der Waals surface area contributed by atoms with Gasteiger partial charge in [-0.1, -0.05) is 28.1 Å². The number of amides is 2. The first kappa shape index (κ1) is 15.6. The Morgan fingerprint density at radius 1 is 1.17 bits per heavy atom. The molecule has 5 nitrogen and oxygen atoms in total. The van der Waals surface area contributed by atoms with Crippen LogP contribution < -0.4 is 15.4 Å². The molecule has 6 heteroatoms. The Balaban J connectivity index is 1.54. The third-order valence-electron chi connectivity index (χ3n) is 3.51. The Kier molecular flexibility index (Phi) is 4.62. The summed E-state index contributed by atoms with van der Waals surface area (Å²) >= 11 is 3.33. The molecular formula is C17H15BrN2O3. The molecule has 1 unspecified atom stereocenters. The molecule has 1 aliphatic rings. The minimum absolute atomic E-state index is 0.172. The molecule has 118 valence electrons. The molecular weight excluding hydrogens is 360 g/mol. The summed E-state index contributed by atoms with van der Waals surface area (Å²) < 4.78 is 6.59. The summed E-state index contributed by atoms with van der Waals surface area (Å²) in [7, 11) is 0. The minimum Gasteiger partial charge on any atom is -0.478 e. The molecule has 0 saturated heterocycles. The predicted molar refractivity (Wildman–Crippen MR) is 90.6 cm³/mol. The fraction of sp³-hybridized carbons (Fsp3) is 0.176. The van der Waals surface area contributed by atoms with Crippen molar-refractivity contribution in [2.75, 3.05) is 11.9 Å². The summed E-state index contributed by atoms with van der Waals surface area (Å²) in [5, 5.41) is 5.60. The first-order valence-electron chi connectivity index (χ1n) is 7.24. The highest BCUT2D eigenvalue weighted by Gasteiger charge is 2.26. The van der Waals surface area contributed by atoms with Crippen LogP contribution in [0.1, 0.15) is 16.8 Å². The van der Waals surface area contributed by atoms with Crippen LogP contribution in [0.5, 0.6) is 5.75 Å². The maximum Gasteiger partial charge on any atom is 0.265 e. The van der Waals surface area contributed by atoms with Crippen LogP contribution in [0.3, 0.4) is 0 Å². The highest BCUT2D eigenvalue weighted by Crippen LogP contribution is 2.29. The number of carbonyl (C=O) groups excluding carboxylic acids is 2. The lowest BCUT2D eigenvalue weighted by Crippen LogP contribution is -2.39. The Labute approximate surface area is 142 Å². The Morgan fingerprint density at radius 3 is 2.70 bits per heavy atom. The standard InChI is InChI=1S/C17H15BrN2O3/c18-12-7-5-11(6-8-12)16(21)19-10-9-15-17(22)20-13-3-1-2-4-14(13)23-15/h1-8,15H,9-10H2,(H,19,21)(H,20,22). The van der Waals surface area contributed by atoms with Crippen LogP contribution in [0.2, 0.25) is 0 Å². The normalized spacial score (nSPS) is 16.0. The van der Waals surface area contributed by atoms with E-state index < -0.39 is 6.10 Å². The summed E-state index contributed by atoms with van der Waals surface area (Å²) in [6.45, 7) is 0.356. The fourth-order valence-electron chi connectivity index (χ4n) is 2.30. The number of nitrogens with one attached hydrogen (secondary N) is 2. The number of ether oxygens (including phenoxy) is 1. The van der Waals surface area contributed by atoms with Crippen LogP contribution >= 0.6 is 15.9 Å². The second-order valence-corrected chi connectivity index (χ2v) is 6.06.